The fraction of sp³-hybridized carbons (Fsp3) is 0.429. The summed E-state index contributed by atoms with van der Waals surface area (Å²) in [6.07, 6.45) is -4.74. The van der Waals surface area contributed by atoms with Crippen LogP contribution < -0.4 is 0 Å². The van der Waals surface area contributed by atoms with Crippen molar-refractivity contribution in [3.05, 3.63) is 11.8 Å². The molecule has 0 aliphatic rings. The van der Waals surface area contributed by atoms with Gasteiger partial charge in [0.1, 0.15) is 11.8 Å². The Morgan fingerprint density at radius 1 is 1.21 bits per heavy atom. The smallest absolute Gasteiger partial charge is 0.455 e. The van der Waals surface area contributed by atoms with E-state index in [-0.39, 0.29) is 0 Å². The first-order valence-corrected chi connectivity index (χ1v) is 3.27. The summed E-state index contributed by atoms with van der Waals surface area (Å²) in [7, 11) is 1.86. The van der Waals surface area contributed by atoms with Crippen molar-refractivity contribution < 1.29 is 32.2 Å². The van der Waals surface area contributed by atoms with E-state index in [0.717, 1.165) is 14.2 Å². The zero-order chi connectivity index (χ0) is 11.4. The van der Waals surface area contributed by atoms with Gasteiger partial charge in [-0.2, -0.15) is 13.2 Å². The molecule has 0 aliphatic carbocycles. The highest BCUT2D eigenvalue weighted by Gasteiger charge is 2.43. The van der Waals surface area contributed by atoms with Gasteiger partial charge in [0.2, 0.25) is 0 Å². The highest BCUT2D eigenvalue weighted by Crippen LogP contribution is 2.21. The summed E-state index contributed by atoms with van der Waals surface area (Å²) in [5, 5.41) is 0. The number of hydrogen-bond donors (Lipinski definition) is 0. The summed E-state index contributed by atoms with van der Waals surface area (Å²) in [5.41, 5.74) is -1.19. The van der Waals surface area contributed by atoms with Gasteiger partial charge in [-0.25, -0.2) is 4.79 Å². The molecule has 0 heterocycles. The highest BCUT2D eigenvalue weighted by molar-refractivity contribution is 6.19. The van der Waals surface area contributed by atoms with E-state index < -0.39 is 23.5 Å². The fourth-order valence-electron chi connectivity index (χ4n) is 0.575. The molecule has 0 radical (unpaired) electrons. The average Bonchev–Trinajstić information content (AvgIpc) is 2.10. The molecule has 0 unspecified atom stereocenters. The number of Topliss-reactive ketones (excluding diaryl/α,β-unsaturated/α-hetero) is 1. The maximum Gasteiger partial charge on any atom is 0.455 e. The van der Waals surface area contributed by atoms with E-state index in [9.17, 15) is 22.8 Å². The quantitative estimate of drug-likeness (QED) is 0.228. The average molecular weight is 212 g/mol. The van der Waals surface area contributed by atoms with Crippen LogP contribution in [-0.2, 0) is 19.1 Å². The van der Waals surface area contributed by atoms with Crippen LogP contribution in [0.25, 0.3) is 0 Å². The lowest BCUT2D eigenvalue weighted by molar-refractivity contribution is -0.168. The van der Waals surface area contributed by atoms with E-state index in [2.05, 4.69) is 9.47 Å². The highest BCUT2D eigenvalue weighted by atomic mass is 19.4. The Balaban J connectivity index is 4.96. The number of carbonyl (C=O) groups excluding carboxylic acids is 2. The molecule has 0 aliphatic heterocycles. The van der Waals surface area contributed by atoms with Crippen LogP contribution >= 0.6 is 0 Å². The number of ether oxygens (including phenoxy) is 2. The Kier molecular flexibility index (Phi) is 4.13. The van der Waals surface area contributed by atoms with Gasteiger partial charge in [-0.05, 0) is 0 Å². The molecule has 14 heavy (non-hydrogen) atoms. The molecule has 7 heteroatoms. The number of alkyl halides is 3. The van der Waals surface area contributed by atoms with Gasteiger partial charge in [0.05, 0.1) is 14.2 Å². The van der Waals surface area contributed by atoms with Crippen LogP contribution in [0.2, 0.25) is 0 Å². The fourth-order valence-corrected chi connectivity index (χ4v) is 0.575. The first-order chi connectivity index (χ1) is 6.34. The van der Waals surface area contributed by atoms with Crippen LogP contribution in [0.15, 0.2) is 11.8 Å². The van der Waals surface area contributed by atoms with Gasteiger partial charge in [-0.3, -0.25) is 4.79 Å². The Hall–Kier alpha value is -1.53. The number of ketones is 1. The Labute approximate surface area is 77.3 Å². The van der Waals surface area contributed by atoms with Crippen molar-refractivity contribution in [2.45, 2.75) is 6.18 Å². The Morgan fingerprint density at radius 2 is 1.71 bits per heavy atom. The van der Waals surface area contributed by atoms with Crippen molar-refractivity contribution in [3.8, 4) is 0 Å². The number of rotatable bonds is 3. The van der Waals surface area contributed by atoms with Crippen LogP contribution in [-0.4, -0.2) is 32.1 Å². The Bertz CT molecular complexity index is 267. The number of methoxy groups -OCH3 is 2. The number of carbonyl (C=O) groups is 2. The standard InChI is InChI=1S/C7H7F3O4/c1-13-3-4(6(12)14-2)5(11)7(8,9)10/h3H,1-2H3/b4-3-. The van der Waals surface area contributed by atoms with Crippen molar-refractivity contribution in [1.29, 1.82) is 0 Å². The monoisotopic (exact) mass is 212 g/mol. The maximum absolute atomic E-state index is 11.9. The first kappa shape index (κ1) is 12.5. The number of esters is 1. The molecule has 0 N–H and O–H groups in total. The molecule has 0 fully saturated rings. The molecule has 0 saturated carbocycles. The van der Waals surface area contributed by atoms with Gasteiger partial charge in [0.15, 0.2) is 0 Å². The summed E-state index contributed by atoms with van der Waals surface area (Å²) in [6, 6.07) is 0. The predicted molar refractivity (Wildman–Crippen MR) is 38.2 cm³/mol. The van der Waals surface area contributed by atoms with Crippen molar-refractivity contribution in [1.82, 2.24) is 0 Å². The van der Waals surface area contributed by atoms with Gasteiger partial charge in [0.25, 0.3) is 5.78 Å². The largest absolute Gasteiger partial charge is 0.503 e. The molecule has 0 aromatic carbocycles. The minimum atomic E-state index is -5.13. The van der Waals surface area contributed by atoms with Crippen LogP contribution in [0.4, 0.5) is 13.2 Å². The lowest BCUT2D eigenvalue weighted by Crippen LogP contribution is -2.29. The molecule has 0 rings (SSSR count). The minimum Gasteiger partial charge on any atom is -0.503 e. The van der Waals surface area contributed by atoms with E-state index in [1.54, 1.807) is 0 Å². The third-order valence-electron chi connectivity index (χ3n) is 1.14. The van der Waals surface area contributed by atoms with E-state index in [1.165, 1.54) is 0 Å². The van der Waals surface area contributed by atoms with E-state index >= 15 is 0 Å². The molecular weight excluding hydrogens is 205 g/mol. The second kappa shape index (κ2) is 4.64. The summed E-state index contributed by atoms with van der Waals surface area (Å²) in [6.45, 7) is 0. The lowest BCUT2D eigenvalue weighted by atomic mass is 10.2. The SMILES string of the molecule is CO/C=C(\C(=O)OC)C(=O)C(F)(F)F. The lowest BCUT2D eigenvalue weighted by Gasteiger charge is -2.06. The molecule has 0 saturated heterocycles. The number of hydrogen-bond acceptors (Lipinski definition) is 4. The van der Waals surface area contributed by atoms with Gasteiger partial charge in [0, 0.05) is 0 Å². The molecule has 0 aromatic rings. The zero-order valence-corrected chi connectivity index (χ0v) is 7.34. The second-order valence-corrected chi connectivity index (χ2v) is 2.09. The molecule has 80 valence electrons. The van der Waals surface area contributed by atoms with Crippen LogP contribution in [0.5, 0.6) is 0 Å². The van der Waals surface area contributed by atoms with Crippen LogP contribution in [0.3, 0.4) is 0 Å². The van der Waals surface area contributed by atoms with Crippen LogP contribution in [0, 0.1) is 0 Å². The maximum atomic E-state index is 11.9. The Morgan fingerprint density at radius 3 is 2.00 bits per heavy atom. The summed E-state index contributed by atoms with van der Waals surface area (Å²) in [4.78, 5) is 21.3. The second-order valence-electron chi connectivity index (χ2n) is 2.09. The minimum absolute atomic E-state index is 0.391. The molecular formula is C7H7F3O4. The summed E-state index contributed by atoms with van der Waals surface area (Å²) < 4.78 is 43.7. The van der Waals surface area contributed by atoms with Crippen molar-refractivity contribution in [2.75, 3.05) is 14.2 Å². The molecule has 0 spiro atoms. The molecule has 4 nitrogen and oxygen atoms in total. The third kappa shape index (κ3) is 3.08. The van der Waals surface area contributed by atoms with Gasteiger partial charge in [-0.1, -0.05) is 0 Å². The topological polar surface area (TPSA) is 52.6 Å². The van der Waals surface area contributed by atoms with Crippen LogP contribution in [0.1, 0.15) is 0 Å². The molecule has 0 atom stereocenters. The summed E-state index contributed by atoms with van der Waals surface area (Å²) in [5.74, 6) is -3.69. The van der Waals surface area contributed by atoms with E-state index in [0.29, 0.717) is 6.26 Å². The van der Waals surface area contributed by atoms with Crippen molar-refractivity contribution in [2.24, 2.45) is 0 Å². The normalized spacial score (nSPS) is 12.2. The van der Waals surface area contributed by atoms with Crippen molar-refractivity contribution >= 4 is 11.8 Å². The first-order valence-electron chi connectivity index (χ1n) is 3.27. The predicted octanol–water partition coefficient (Wildman–Crippen LogP) is 0.821. The zero-order valence-electron chi connectivity index (χ0n) is 7.34. The number of halogens is 3. The summed E-state index contributed by atoms with van der Waals surface area (Å²) >= 11 is 0. The molecule has 0 bridgehead atoms. The third-order valence-corrected chi connectivity index (χ3v) is 1.14. The van der Waals surface area contributed by atoms with Gasteiger partial charge in [-0.15, -0.1) is 0 Å². The van der Waals surface area contributed by atoms with E-state index in [4.69, 9.17) is 0 Å². The van der Waals surface area contributed by atoms with Gasteiger partial charge >= 0.3 is 12.1 Å². The molecule has 0 amide bonds. The van der Waals surface area contributed by atoms with Crippen molar-refractivity contribution in [3.63, 3.8) is 0 Å². The molecule has 0 aromatic heterocycles. The van der Waals surface area contributed by atoms with Gasteiger partial charge < -0.3 is 9.47 Å². The van der Waals surface area contributed by atoms with E-state index in [1.807, 2.05) is 0 Å².